The van der Waals surface area contributed by atoms with Crippen LogP contribution in [0.5, 0.6) is 0 Å². The van der Waals surface area contributed by atoms with Gasteiger partial charge in [0.25, 0.3) is 0 Å². The number of hydrogen-bond donors (Lipinski definition) is 0. The lowest BCUT2D eigenvalue weighted by atomic mass is 9.84. The molecule has 0 N–H and O–H groups in total. The van der Waals surface area contributed by atoms with Gasteiger partial charge < -0.3 is 0 Å². The Morgan fingerprint density at radius 3 is 1.62 bits per heavy atom. The summed E-state index contributed by atoms with van der Waals surface area (Å²) in [5, 5.41) is 0. The highest BCUT2D eigenvalue weighted by Gasteiger charge is 2.39. The molecule has 0 amide bonds. The molecule has 5 rings (SSSR count). The molecule has 0 bridgehead atoms. The first-order chi connectivity index (χ1) is 15.5. The number of nitrogens with zero attached hydrogens (tertiary/aromatic N) is 1. The van der Waals surface area contributed by atoms with Crippen LogP contribution in [-0.2, 0) is 10.0 Å². The van der Waals surface area contributed by atoms with Crippen LogP contribution in [-0.4, -0.2) is 36.4 Å². The molecule has 0 heterocycles. The fourth-order valence-corrected chi connectivity index (χ4v) is 7.68. The van der Waals surface area contributed by atoms with Gasteiger partial charge in [-0.25, -0.2) is 8.42 Å². The molecule has 2 aromatic rings. The summed E-state index contributed by atoms with van der Waals surface area (Å²) in [6.45, 7) is 0. The zero-order valence-corrected chi connectivity index (χ0v) is 19.1. The van der Waals surface area contributed by atoms with Crippen LogP contribution in [0.25, 0.3) is 0 Å². The Bertz CT molecular complexity index is 1140. The van der Waals surface area contributed by atoms with Gasteiger partial charge >= 0.3 is 0 Å². The van der Waals surface area contributed by atoms with Crippen LogP contribution in [0.15, 0.2) is 47.4 Å². The zero-order chi connectivity index (χ0) is 22.3. The standard InChI is InChI=1S/C26H29NO4S/c28-25-21-13-7-8-14-22(21)26(29)24-17-20(15-16-23(24)25)32(30,31)27(18-9-3-1-4-10-18)19-11-5-2-6-12-19/h7-8,13-19H,1-6,9-12H2. The lowest BCUT2D eigenvalue weighted by Gasteiger charge is -2.40. The highest BCUT2D eigenvalue weighted by atomic mass is 32.2. The Morgan fingerprint density at radius 2 is 1.09 bits per heavy atom. The van der Waals surface area contributed by atoms with Crippen molar-refractivity contribution in [1.82, 2.24) is 4.31 Å². The molecule has 168 valence electrons. The lowest BCUT2D eigenvalue weighted by Crippen LogP contribution is -2.48. The van der Waals surface area contributed by atoms with Crippen molar-refractivity contribution in [1.29, 1.82) is 0 Å². The van der Waals surface area contributed by atoms with E-state index >= 15 is 0 Å². The number of carbonyl (C=O) groups is 2. The SMILES string of the molecule is O=C1c2ccccc2C(=O)c2cc(S(=O)(=O)N(C3CCCCC3)C3CCCCC3)ccc21. The van der Waals surface area contributed by atoms with Crippen LogP contribution in [0, 0.1) is 0 Å². The molecule has 3 aliphatic carbocycles. The summed E-state index contributed by atoms with van der Waals surface area (Å²) in [6, 6.07) is 11.3. The van der Waals surface area contributed by atoms with E-state index in [1.807, 2.05) is 0 Å². The molecular weight excluding hydrogens is 422 g/mol. The summed E-state index contributed by atoms with van der Waals surface area (Å²) in [5.74, 6) is -0.510. The van der Waals surface area contributed by atoms with Gasteiger partial charge in [-0.2, -0.15) is 4.31 Å². The van der Waals surface area contributed by atoms with Gasteiger partial charge in [-0.1, -0.05) is 62.8 Å². The number of carbonyl (C=O) groups excluding carboxylic acids is 2. The number of ketones is 2. The summed E-state index contributed by atoms with van der Waals surface area (Å²) >= 11 is 0. The van der Waals surface area contributed by atoms with Crippen LogP contribution < -0.4 is 0 Å². The fourth-order valence-electron chi connectivity index (χ4n) is 5.72. The Kier molecular flexibility index (Phi) is 5.76. The minimum atomic E-state index is -3.78. The Labute approximate surface area is 189 Å². The van der Waals surface area contributed by atoms with Crippen molar-refractivity contribution < 1.29 is 18.0 Å². The summed E-state index contributed by atoms with van der Waals surface area (Å²) in [7, 11) is -3.78. The van der Waals surface area contributed by atoms with E-state index in [2.05, 4.69) is 0 Å². The number of sulfonamides is 1. The molecule has 3 aliphatic rings. The molecule has 0 atom stereocenters. The van der Waals surface area contributed by atoms with Gasteiger partial charge in [0.1, 0.15) is 0 Å². The molecule has 32 heavy (non-hydrogen) atoms. The first kappa shape index (κ1) is 21.5. The zero-order valence-electron chi connectivity index (χ0n) is 18.3. The quantitative estimate of drug-likeness (QED) is 0.552. The largest absolute Gasteiger partial charge is 0.289 e. The third kappa shape index (κ3) is 3.63. The molecule has 0 aliphatic heterocycles. The average Bonchev–Trinajstić information content (AvgIpc) is 2.83. The van der Waals surface area contributed by atoms with E-state index in [0.717, 1.165) is 64.2 Å². The van der Waals surface area contributed by atoms with Gasteiger partial charge in [-0.3, -0.25) is 9.59 Å². The number of benzene rings is 2. The van der Waals surface area contributed by atoms with Gasteiger partial charge in [-0.05, 0) is 43.9 Å². The van der Waals surface area contributed by atoms with Crippen molar-refractivity contribution >= 4 is 21.6 Å². The molecular formula is C26H29NO4S. The van der Waals surface area contributed by atoms with Crippen LogP contribution in [0.4, 0.5) is 0 Å². The van der Waals surface area contributed by atoms with Crippen molar-refractivity contribution in [3.05, 3.63) is 64.7 Å². The second-order valence-electron chi connectivity index (χ2n) is 9.33. The normalized spacial score (nSPS) is 20.3. The maximum Gasteiger partial charge on any atom is 0.243 e. The minimum absolute atomic E-state index is 0.0194. The van der Waals surface area contributed by atoms with Gasteiger partial charge in [0.15, 0.2) is 11.6 Å². The predicted octanol–water partition coefficient (Wildman–Crippen LogP) is 5.12. The second kappa shape index (κ2) is 8.56. The van der Waals surface area contributed by atoms with Crippen molar-refractivity contribution in [3.8, 4) is 0 Å². The van der Waals surface area contributed by atoms with Crippen molar-refractivity contribution in [3.63, 3.8) is 0 Å². The molecule has 0 spiro atoms. The van der Waals surface area contributed by atoms with Crippen LogP contribution in [0.3, 0.4) is 0 Å². The third-order valence-corrected chi connectivity index (χ3v) is 9.34. The second-order valence-corrected chi connectivity index (χ2v) is 11.2. The molecule has 5 nitrogen and oxygen atoms in total. The van der Waals surface area contributed by atoms with E-state index < -0.39 is 10.0 Å². The monoisotopic (exact) mass is 451 g/mol. The van der Waals surface area contributed by atoms with E-state index in [9.17, 15) is 18.0 Å². The maximum absolute atomic E-state index is 14.0. The molecule has 0 saturated heterocycles. The van der Waals surface area contributed by atoms with E-state index in [0.29, 0.717) is 11.1 Å². The Morgan fingerprint density at radius 1 is 0.625 bits per heavy atom. The summed E-state index contributed by atoms with van der Waals surface area (Å²) in [6.07, 6.45) is 10.1. The highest BCUT2D eigenvalue weighted by Crippen LogP contribution is 2.36. The first-order valence-corrected chi connectivity index (χ1v) is 13.3. The Hall–Kier alpha value is -2.31. The highest BCUT2D eigenvalue weighted by molar-refractivity contribution is 7.89. The smallest absolute Gasteiger partial charge is 0.243 e. The molecule has 0 aromatic heterocycles. The number of hydrogen-bond acceptors (Lipinski definition) is 4. The lowest BCUT2D eigenvalue weighted by molar-refractivity contribution is 0.0979. The van der Waals surface area contributed by atoms with Crippen LogP contribution >= 0.6 is 0 Å². The van der Waals surface area contributed by atoms with Gasteiger partial charge in [0.05, 0.1) is 4.90 Å². The van der Waals surface area contributed by atoms with E-state index in [1.54, 1.807) is 28.6 Å². The molecule has 2 fully saturated rings. The van der Waals surface area contributed by atoms with Gasteiger partial charge in [-0.15, -0.1) is 0 Å². The summed E-state index contributed by atoms with van der Waals surface area (Å²) < 4.78 is 29.7. The topological polar surface area (TPSA) is 71.5 Å². The molecule has 0 unspecified atom stereocenters. The number of fused-ring (bicyclic) bond motifs is 2. The van der Waals surface area contributed by atoms with Crippen molar-refractivity contribution in [2.75, 3.05) is 0 Å². The van der Waals surface area contributed by atoms with E-state index in [1.165, 1.54) is 18.2 Å². The molecule has 0 radical (unpaired) electrons. The van der Waals surface area contributed by atoms with Gasteiger partial charge in [0.2, 0.25) is 10.0 Å². The molecule has 6 heteroatoms. The summed E-state index contributed by atoms with van der Waals surface area (Å²) in [4.78, 5) is 26.2. The van der Waals surface area contributed by atoms with Crippen molar-refractivity contribution in [2.24, 2.45) is 0 Å². The summed E-state index contributed by atoms with van der Waals surface area (Å²) in [5.41, 5.74) is 1.21. The van der Waals surface area contributed by atoms with E-state index in [-0.39, 0.29) is 39.7 Å². The van der Waals surface area contributed by atoms with Crippen LogP contribution in [0.1, 0.15) is 96.1 Å². The van der Waals surface area contributed by atoms with Crippen molar-refractivity contribution in [2.45, 2.75) is 81.2 Å². The number of rotatable bonds is 4. The average molecular weight is 452 g/mol. The van der Waals surface area contributed by atoms with E-state index in [4.69, 9.17) is 0 Å². The third-order valence-electron chi connectivity index (χ3n) is 7.34. The minimum Gasteiger partial charge on any atom is -0.289 e. The maximum atomic E-state index is 14.0. The van der Waals surface area contributed by atoms with Gasteiger partial charge in [0, 0.05) is 34.3 Å². The molecule has 2 saturated carbocycles. The predicted molar refractivity (Wildman–Crippen MR) is 123 cm³/mol. The molecule has 2 aromatic carbocycles. The first-order valence-electron chi connectivity index (χ1n) is 11.8. The fraction of sp³-hybridized carbons (Fsp3) is 0.462. The van der Waals surface area contributed by atoms with Crippen LogP contribution in [0.2, 0.25) is 0 Å². The Balaban J connectivity index is 1.56.